The van der Waals surface area contributed by atoms with E-state index in [1.807, 2.05) is 17.2 Å². The first-order valence-corrected chi connectivity index (χ1v) is 8.64. The highest BCUT2D eigenvalue weighted by atomic mass is 16.4. The number of anilines is 1. The molecule has 0 bridgehead atoms. The number of likely N-dealkylation sites (tertiary alicyclic amines) is 1. The van der Waals surface area contributed by atoms with Crippen LogP contribution in [0, 0.1) is 5.92 Å². The standard InChI is InChI=1S/C17H27N3O4/c21-11-14-16(23)17(24)15(22)10-20(14)9-12-3-6-19(7-4-12)13-2-1-5-18-8-13/h1-2,5,8,12,14-17,21-24H,3-4,6-7,9-11H2/t14-,15+,16-,17-/m1/s1. The predicted octanol–water partition coefficient (Wildman–Crippen LogP) is -0.943. The molecule has 24 heavy (non-hydrogen) atoms. The molecule has 7 heteroatoms. The second-order valence-electron chi connectivity index (χ2n) is 6.89. The molecule has 1 aromatic rings. The van der Waals surface area contributed by atoms with E-state index >= 15 is 0 Å². The smallest absolute Gasteiger partial charge is 0.109 e. The maximum atomic E-state index is 10.1. The average molecular weight is 337 g/mol. The summed E-state index contributed by atoms with van der Waals surface area (Å²) in [6.45, 7) is 2.67. The minimum atomic E-state index is -1.19. The zero-order chi connectivity index (χ0) is 17.1. The van der Waals surface area contributed by atoms with Crippen molar-refractivity contribution in [3.63, 3.8) is 0 Å². The van der Waals surface area contributed by atoms with Crippen molar-refractivity contribution < 1.29 is 20.4 Å². The number of aromatic nitrogens is 1. The summed E-state index contributed by atoms with van der Waals surface area (Å²) in [6.07, 6.45) is 2.39. The highest BCUT2D eigenvalue weighted by Crippen LogP contribution is 2.26. The van der Waals surface area contributed by atoms with E-state index in [0.717, 1.165) is 31.6 Å². The van der Waals surface area contributed by atoms with Gasteiger partial charge in [-0.25, -0.2) is 0 Å². The number of pyridine rings is 1. The highest BCUT2D eigenvalue weighted by molar-refractivity contribution is 5.43. The van der Waals surface area contributed by atoms with Crippen molar-refractivity contribution >= 4 is 5.69 Å². The summed E-state index contributed by atoms with van der Waals surface area (Å²) in [5, 5.41) is 39.3. The van der Waals surface area contributed by atoms with Crippen LogP contribution in [0.15, 0.2) is 24.5 Å². The van der Waals surface area contributed by atoms with Crippen LogP contribution < -0.4 is 4.90 Å². The van der Waals surface area contributed by atoms with E-state index < -0.39 is 24.4 Å². The van der Waals surface area contributed by atoms with E-state index in [9.17, 15) is 20.4 Å². The molecule has 3 heterocycles. The van der Waals surface area contributed by atoms with E-state index in [2.05, 4.69) is 16.0 Å². The van der Waals surface area contributed by atoms with Crippen LogP contribution >= 0.6 is 0 Å². The highest BCUT2D eigenvalue weighted by Gasteiger charge is 2.41. The van der Waals surface area contributed by atoms with Gasteiger partial charge in [0, 0.05) is 32.4 Å². The SMILES string of the molecule is OC[C@@H]1[C@@H](O)[C@H](O)[C@@H](O)CN1CC1CCN(c2cccnc2)CC1. The molecule has 0 aromatic carbocycles. The van der Waals surface area contributed by atoms with Gasteiger partial charge in [-0.1, -0.05) is 0 Å². The molecule has 4 atom stereocenters. The van der Waals surface area contributed by atoms with Crippen molar-refractivity contribution in [2.24, 2.45) is 5.92 Å². The van der Waals surface area contributed by atoms with E-state index in [1.54, 1.807) is 6.20 Å². The zero-order valence-electron chi connectivity index (χ0n) is 13.8. The van der Waals surface area contributed by atoms with E-state index in [0.29, 0.717) is 12.5 Å². The predicted molar refractivity (Wildman–Crippen MR) is 89.6 cm³/mol. The molecule has 1 aromatic heterocycles. The lowest BCUT2D eigenvalue weighted by molar-refractivity contribution is -0.147. The van der Waals surface area contributed by atoms with Crippen molar-refractivity contribution in [1.82, 2.24) is 9.88 Å². The van der Waals surface area contributed by atoms with Gasteiger partial charge in [0.2, 0.25) is 0 Å². The number of hydrogen-bond acceptors (Lipinski definition) is 7. The molecule has 0 aliphatic carbocycles. The summed E-state index contributed by atoms with van der Waals surface area (Å²) < 4.78 is 0. The Hall–Kier alpha value is -1.25. The minimum absolute atomic E-state index is 0.223. The third-order valence-corrected chi connectivity index (χ3v) is 5.33. The summed E-state index contributed by atoms with van der Waals surface area (Å²) in [4.78, 5) is 8.40. The summed E-state index contributed by atoms with van der Waals surface area (Å²) in [5.74, 6) is 0.446. The average Bonchev–Trinajstić information content (AvgIpc) is 2.61. The fraction of sp³-hybridized carbons (Fsp3) is 0.706. The lowest BCUT2D eigenvalue weighted by atomic mass is 9.90. The first-order chi connectivity index (χ1) is 11.6. The summed E-state index contributed by atoms with van der Waals surface area (Å²) in [5.41, 5.74) is 1.14. The Balaban J connectivity index is 1.55. The zero-order valence-corrected chi connectivity index (χ0v) is 13.8. The van der Waals surface area contributed by atoms with Gasteiger partial charge < -0.3 is 25.3 Å². The fourth-order valence-corrected chi connectivity index (χ4v) is 3.83. The Morgan fingerprint density at radius 1 is 1.12 bits per heavy atom. The van der Waals surface area contributed by atoms with Crippen molar-refractivity contribution in [3.8, 4) is 0 Å². The maximum absolute atomic E-state index is 10.1. The molecule has 3 rings (SSSR count). The van der Waals surface area contributed by atoms with Gasteiger partial charge >= 0.3 is 0 Å². The van der Waals surface area contributed by atoms with Gasteiger partial charge in [0.25, 0.3) is 0 Å². The molecule has 134 valence electrons. The number of nitrogens with zero attached hydrogens (tertiary/aromatic N) is 3. The van der Waals surface area contributed by atoms with Gasteiger partial charge in [-0.05, 0) is 30.9 Å². The Morgan fingerprint density at radius 2 is 1.88 bits per heavy atom. The number of aliphatic hydroxyl groups excluding tert-OH is 4. The molecular weight excluding hydrogens is 310 g/mol. The molecular formula is C17H27N3O4. The number of β-amino-alcohol motifs (C(OH)–C–C–N with tert-alkyl or cyclic N) is 1. The summed E-state index contributed by atoms with van der Waals surface area (Å²) >= 11 is 0. The fourth-order valence-electron chi connectivity index (χ4n) is 3.83. The van der Waals surface area contributed by atoms with Crippen LogP contribution in [-0.4, -0.2) is 87.4 Å². The maximum Gasteiger partial charge on any atom is 0.109 e. The lowest BCUT2D eigenvalue weighted by Crippen LogP contribution is -2.63. The monoisotopic (exact) mass is 337 g/mol. The quantitative estimate of drug-likeness (QED) is 0.562. The summed E-state index contributed by atoms with van der Waals surface area (Å²) in [6, 6.07) is 3.49. The molecule has 0 spiro atoms. The van der Waals surface area contributed by atoms with Gasteiger partial charge in [-0.2, -0.15) is 0 Å². The third kappa shape index (κ3) is 3.70. The van der Waals surface area contributed by atoms with Gasteiger partial charge in [-0.3, -0.25) is 9.88 Å². The van der Waals surface area contributed by atoms with Crippen LogP contribution in [0.4, 0.5) is 5.69 Å². The van der Waals surface area contributed by atoms with Gasteiger partial charge in [0.15, 0.2) is 0 Å². The van der Waals surface area contributed by atoms with Crippen LogP contribution in [0.2, 0.25) is 0 Å². The first-order valence-electron chi connectivity index (χ1n) is 8.64. The molecule has 4 N–H and O–H groups in total. The molecule has 7 nitrogen and oxygen atoms in total. The molecule has 2 aliphatic heterocycles. The van der Waals surface area contributed by atoms with Crippen molar-refractivity contribution in [1.29, 1.82) is 0 Å². The molecule has 0 amide bonds. The number of piperidine rings is 2. The Kier molecular flexibility index (Phi) is 5.68. The third-order valence-electron chi connectivity index (χ3n) is 5.33. The topological polar surface area (TPSA) is 100 Å². The Bertz CT molecular complexity index is 510. The van der Waals surface area contributed by atoms with Crippen molar-refractivity contribution in [3.05, 3.63) is 24.5 Å². The number of aliphatic hydroxyl groups is 4. The lowest BCUT2D eigenvalue weighted by Gasteiger charge is -2.45. The first kappa shape index (κ1) is 17.6. The van der Waals surface area contributed by atoms with Gasteiger partial charge in [0.05, 0.1) is 30.6 Å². The van der Waals surface area contributed by atoms with Crippen molar-refractivity contribution in [2.75, 3.05) is 37.7 Å². The van der Waals surface area contributed by atoms with E-state index in [-0.39, 0.29) is 13.2 Å². The molecule has 0 unspecified atom stereocenters. The van der Waals surface area contributed by atoms with Crippen LogP contribution in [0.1, 0.15) is 12.8 Å². The second-order valence-corrected chi connectivity index (χ2v) is 6.89. The molecule has 2 fully saturated rings. The number of rotatable bonds is 4. The molecule has 2 aliphatic rings. The van der Waals surface area contributed by atoms with Crippen LogP contribution in [0.3, 0.4) is 0 Å². The van der Waals surface area contributed by atoms with Crippen LogP contribution in [0.5, 0.6) is 0 Å². The van der Waals surface area contributed by atoms with E-state index in [4.69, 9.17) is 0 Å². The van der Waals surface area contributed by atoms with Gasteiger partial charge in [0.1, 0.15) is 12.2 Å². The van der Waals surface area contributed by atoms with Crippen LogP contribution in [0.25, 0.3) is 0 Å². The van der Waals surface area contributed by atoms with E-state index in [1.165, 1.54) is 0 Å². The minimum Gasteiger partial charge on any atom is -0.395 e. The Labute approximate surface area is 142 Å². The summed E-state index contributed by atoms with van der Waals surface area (Å²) in [7, 11) is 0. The molecule has 0 saturated carbocycles. The normalized spacial score (nSPS) is 32.9. The second kappa shape index (κ2) is 7.76. The van der Waals surface area contributed by atoms with Gasteiger partial charge in [-0.15, -0.1) is 0 Å². The van der Waals surface area contributed by atoms with Crippen LogP contribution in [-0.2, 0) is 0 Å². The number of hydrogen-bond donors (Lipinski definition) is 4. The molecule has 2 saturated heterocycles. The Morgan fingerprint density at radius 3 is 2.50 bits per heavy atom. The van der Waals surface area contributed by atoms with Crippen molar-refractivity contribution in [2.45, 2.75) is 37.2 Å². The molecule has 0 radical (unpaired) electrons. The largest absolute Gasteiger partial charge is 0.395 e.